The molecule has 0 radical (unpaired) electrons. The van der Waals surface area contributed by atoms with Crippen molar-refractivity contribution >= 4 is 23.5 Å². The van der Waals surface area contributed by atoms with Gasteiger partial charge in [-0.2, -0.15) is 10.1 Å². The largest absolute Gasteiger partial charge is 0.477 e. The van der Waals surface area contributed by atoms with Gasteiger partial charge in [-0.1, -0.05) is 12.1 Å². The highest BCUT2D eigenvalue weighted by molar-refractivity contribution is 6.35. The normalized spacial score (nSPS) is 15.1. The van der Waals surface area contributed by atoms with Crippen LogP contribution in [0.3, 0.4) is 0 Å². The average molecular weight is 232 g/mol. The maximum atomic E-state index is 11.8. The summed E-state index contributed by atoms with van der Waals surface area (Å²) in [6.45, 7) is 1.21. The highest BCUT2D eigenvalue weighted by Crippen LogP contribution is 2.22. The molecule has 0 fully saturated rings. The molecule has 1 N–H and O–H groups in total. The van der Waals surface area contributed by atoms with Crippen LogP contribution in [0.4, 0.5) is 0 Å². The van der Waals surface area contributed by atoms with E-state index in [1.165, 1.54) is 19.1 Å². The number of nitrogens with zero attached hydrogens (tertiary/aromatic N) is 2. The van der Waals surface area contributed by atoms with Gasteiger partial charge in [0.15, 0.2) is 0 Å². The van der Waals surface area contributed by atoms with E-state index < -0.39 is 17.8 Å². The summed E-state index contributed by atoms with van der Waals surface area (Å²) in [7, 11) is 0. The van der Waals surface area contributed by atoms with Crippen molar-refractivity contribution in [1.29, 1.82) is 0 Å². The van der Waals surface area contributed by atoms with Crippen molar-refractivity contribution < 1.29 is 19.5 Å². The summed E-state index contributed by atoms with van der Waals surface area (Å²) in [5.41, 5.74) is 0.151. The second kappa shape index (κ2) is 3.82. The predicted molar refractivity (Wildman–Crippen MR) is 57.7 cm³/mol. The molecule has 1 aliphatic heterocycles. The van der Waals surface area contributed by atoms with Crippen molar-refractivity contribution in [3.8, 4) is 0 Å². The molecule has 6 nitrogen and oxygen atoms in total. The van der Waals surface area contributed by atoms with Crippen molar-refractivity contribution in [3.05, 3.63) is 35.4 Å². The zero-order valence-electron chi connectivity index (χ0n) is 8.88. The van der Waals surface area contributed by atoms with Crippen molar-refractivity contribution in [3.63, 3.8) is 0 Å². The maximum Gasteiger partial charge on any atom is 0.351 e. The topological polar surface area (TPSA) is 87.0 Å². The molecule has 0 unspecified atom stereocenters. The van der Waals surface area contributed by atoms with Crippen molar-refractivity contribution in [2.75, 3.05) is 0 Å². The average Bonchev–Trinajstić information content (AvgIpc) is 2.55. The first-order valence-corrected chi connectivity index (χ1v) is 4.78. The number of benzene rings is 1. The smallest absolute Gasteiger partial charge is 0.351 e. The second-order valence-corrected chi connectivity index (χ2v) is 3.46. The second-order valence-electron chi connectivity index (χ2n) is 3.46. The third-order valence-corrected chi connectivity index (χ3v) is 2.33. The van der Waals surface area contributed by atoms with Crippen LogP contribution in [0, 0.1) is 0 Å². The number of carboxylic acids is 1. The minimum absolute atomic E-state index is 0.236. The first-order valence-electron chi connectivity index (χ1n) is 4.78. The fourth-order valence-electron chi connectivity index (χ4n) is 1.46. The van der Waals surface area contributed by atoms with E-state index in [9.17, 15) is 14.4 Å². The number of rotatable bonds is 2. The van der Waals surface area contributed by atoms with Crippen LogP contribution in [0.25, 0.3) is 0 Å². The van der Waals surface area contributed by atoms with Crippen molar-refractivity contribution in [1.82, 2.24) is 5.01 Å². The van der Waals surface area contributed by atoms with E-state index in [0.29, 0.717) is 5.01 Å². The monoisotopic (exact) mass is 232 g/mol. The molecule has 6 heteroatoms. The van der Waals surface area contributed by atoms with E-state index in [-0.39, 0.29) is 16.8 Å². The zero-order valence-corrected chi connectivity index (χ0v) is 8.88. The van der Waals surface area contributed by atoms with E-state index in [1.807, 2.05) is 0 Å². The minimum atomic E-state index is -1.28. The number of fused-ring (bicyclic) bond motifs is 1. The van der Waals surface area contributed by atoms with Gasteiger partial charge in [0.25, 0.3) is 11.8 Å². The van der Waals surface area contributed by atoms with Crippen LogP contribution in [0.5, 0.6) is 0 Å². The lowest BCUT2D eigenvalue weighted by atomic mass is 10.1. The molecule has 1 heterocycles. The van der Waals surface area contributed by atoms with Gasteiger partial charge >= 0.3 is 5.97 Å². The summed E-state index contributed by atoms with van der Waals surface area (Å²) in [5, 5.41) is 12.7. The van der Waals surface area contributed by atoms with Gasteiger partial charge in [0.1, 0.15) is 5.71 Å². The van der Waals surface area contributed by atoms with Gasteiger partial charge in [0.05, 0.1) is 11.1 Å². The summed E-state index contributed by atoms with van der Waals surface area (Å²) >= 11 is 0. The Morgan fingerprint density at radius 1 is 1.18 bits per heavy atom. The Bertz CT molecular complexity index is 527. The van der Waals surface area contributed by atoms with Crippen molar-refractivity contribution in [2.45, 2.75) is 6.92 Å². The molecule has 0 saturated carbocycles. The molecule has 2 rings (SSSR count). The molecule has 0 saturated heterocycles. The van der Waals surface area contributed by atoms with Crippen LogP contribution in [0.1, 0.15) is 27.6 Å². The molecule has 0 aliphatic carbocycles. The number of hydrogen-bond donors (Lipinski definition) is 1. The van der Waals surface area contributed by atoms with Gasteiger partial charge < -0.3 is 5.11 Å². The molecule has 1 aliphatic rings. The van der Waals surface area contributed by atoms with Crippen LogP contribution in [0.15, 0.2) is 29.4 Å². The van der Waals surface area contributed by atoms with Crippen molar-refractivity contribution in [2.24, 2.45) is 5.10 Å². The maximum absolute atomic E-state index is 11.8. The lowest BCUT2D eigenvalue weighted by Gasteiger charge is -2.06. The third-order valence-electron chi connectivity index (χ3n) is 2.33. The number of hydrogen-bond acceptors (Lipinski definition) is 4. The standard InChI is InChI=1S/C11H8N2O4/c1-6(11(16)17)12-13-9(14)7-4-2-3-5-8(7)10(13)15/h2-5H,1H3,(H,16,17). The van der Waals surface area contributed by atoms with Crippen LogP contribution >= 0.6 is 0 Å². The Labute approximate surface area is 96.2 Å². The molecule has 1 aromatic carbocycles. The molecule has 0 bridgehead atoms. The van der Waals surface area contributed by atoms with E-state index in [2.05, 4.69) is 5.10 Å². The molecule has 2 amide bonds. The molecule has 1 aromatic rings. The number of carbonyl (C=O) groups excluding carboxylic acids is 2. The highest BCUT2D eigenvalue weighted by atomic mass is 16.4. The number of carboxylic acid groups (broad SMARTS) is 1. The fraction of sp³-hybridized carbons (Fsp3) is 0.0909. The van der Waals surface area contributed by atoms with Gasteiger partial charge in [-0.15, -0.1) is 0 Å². The molecule has 0 spiro atoms. The predicted octanol–water partition coefficient (Wildman–Crippen LogP) is 0.743. The number of carbonyl (C=O) groups is 3. The molecule has 86 valence electrons. The van der Waals surface area contributed by atoms with E-state index >= 15 is 0 Å². The Balaban J connectivity index is 2.44. The summed E-state index contributed by atoms with van der Waals surface area (Å²) in [5.74, 6) is -2.49. The van der Waals surface area contributed by atoms with E-state index in [1.54, 1.807) is 12.1 Å². The molecular formula is C11H8N2O4. The first-order chi connectivity index (χ1) is 8.02. The quantitative estimate of drug-likeness (QED) is 0.601. The van der Waals surface area contributed by atoms with E-state index in [0.717, 1.165) is 0 Å². The number of hydrazone groups is 1. The van der Waals surface area contributed by atoms with Crippen LogP contribution < -0.4 is 0 Å². The van der Waals surface area contributed by atoms with Gasteiger partial charge in [-0.3, -0.25) is 9.59 Å². The molecule has 17 heavy (non-hydrogen) atoms. The zero-order chi connectivity index (χ0) is 12.6. The summed E-state index contributed by atoms with van der Waals surface area (Å²) in [6, 6.07) is 6.25. The number of amides is 2. The Hall–Kier alpha value is -2.50. The summed E-state index contributed by atoms with van der Waals surface area (Å²) in [4.78, 5) is 34.1. The Morgan fingerprint density at radius 3 is 2.06 bits per heavy atom. The molecular weight excluding hydrogens is 224 g/mol. The first kappa shape index (κ1) is 11.0. The van der Waals surface area contributed by atoms with Crippen LogP contribution in [0.2, 0.25) is 0 Å². The lowest BCUT2D eigenvalue weighted by molar-refractivity contribution is -0.129. The van der Waals surface area contributed by atoms with E-state index in [4.69, 9.17) is 5.11 Å². The molecule has 0 aromatic heterocycles. The van der Waals surface area contributed by atoms with Crippen LogP contribution in [-0.2, 0) is 4.79 Å². The Kier molecular flexibility index (Phi) is 2.47. The van der Waals surface area contributed by atoms with Gasteiger partial charge in [0, 0.05) is 0 Å². The summed E-state index contributed by atoms with van der Waals surface area (Å²) in [6.07, 6.45) is 0. The van der Waals surface area contributed by atoms with Gasteiger partial charge in [-0.05, 0) is 19.1 Å². The minimum Gasteiger partial charge on any atom is -0.477 e. The fourth-order valence-corrected chi connectivity index (χ4v) is 1.46. The van der Waals surface area contributed by atoms with Gasteiger partial charge in [-0.25, -0.2) is 4.79 Å². The highest BCUT2D eigenvalue weighted by Gasteiger charge is 2.35. The molecule has 0 atom stereocenters. The lowest BCUT2D eigenvalue weighted by Crippen LogP contribution is -2.27. The number of aliphatic carboxylic acids is 1. The third kappa shape index (κ3) is 1.69. The van der Waals surface area contributed by atoms with Crippen LogP contribution in [-0.4, -0.2) is 33.6 Å². The Morgan fingerprint density at radius 2 is 1.65 bits per heavy atom. The SMILES string of the molecule is CC(=NN1C(=O)c2ccccc2C1=O)C(=O)O. The van der Waals surface area contributed by atoms with Gasteiger partial charge in [0.2, 0.25) is 0 Å². The summed E-state index contributed by atoms with van der Waals surface area (Å²) < 4.78 is 0. The number of imide groups is 1.